The first-order valence-corrected chi connectivity index (χ1v) is 9.83. The van der Waals surface area contributed by atoms with Crippen molar-refractivity contribution in [1.82, 2.24) is 14.5 Å². The van der Waals surface area contributed by atoms with E-state index in [2.05, 4.69) is 12.2 Å². The van der Waals surface area contributed by atoms with Crippen LogP contribution in [0.3, 0.4) is 0 Å². The SMILES string of the molecule is CCOc1ccccc1-n1ccn(CC(=O)NC2CCC(C)CC2)c(=O)c1=O. The maximum absolute atomic E-state index is 12.6. The molecule has 1 fully saturated rings. The number of rotatable bonds is 6. The molecule has 1 aromatic carbocycles. The average Bonchev–Trinajstić information content (AvgIpc) is 2.68. The third-order valence-electron chi connectivity index (χ3n) is 5.18. The van der Waals surface area contributed by atoms with Crippen LogP contribution in [0.25, 0.3) is 5.69 Å². The van der Waals surface area contributed by atoms with Gasteiger partial charge in [0.15, 0.2) is 0 Å². The standard InChI is InChI=1S/C21H27N3O4/c1-3-28-18-7-5-4-6-17(18)24-13-12-23(20(26)21(24)27)14-19(25)22-16-10-8-15(2)9-11-16/h4-7,12-13,15-16H,3,8-11,14H2,1-2H3,(H,22,25). The number of hydrogen-bond acceptors (Lipinski definition) is 4. The summed E-state index contributed by atoms with van der Waals surface area (Å²) in [4.78, 5) is 37.4. The van der Waals surface area contributed by atoms with Gasteiger partial charge in [0.25, 0.3) is 0 Å². The molecule has 1 N–H and O–H groups in total. The van der Waals surface area contributed by atoms with Crippen LogP contribution in [-0.4, -0.2) is 27.7 Å². The number of carbonyl (C=O) groups excluding carboxylic acids is 1. The van der Waals surface area contributed by atoms with Gasteiger partial charge in [0.2, 0.25) is 5.91 Å². The number of nitrogens with zero attached hydrogens (tertiary/aromatic N) is 2. The van der Waals surface area contributed by atoms with Gasteiger partial charge in [-0.3, -0.25) is 23.5 Å². The highest BCUT2D eigenvalue weighted by molar-refractivity contribution is 5.76. The van der Waals surface area contributed by atoms with Crippen LogP contribution in [0.1, 0.15) is 39.5 Å². The predicted octanol–water partition coefficient (Wildman–Crippen LogP) is 2.09. The molecule has 0 atom stereocenters. The van der Waals surface area contributed by atoms with Gasteiger partial charge in [-0.1, -0.05) is 19.1 Å². The first-order chi connectivity index (χ1) is 13.5. The lowest BCUT2D eigenvalue weighted by Crippen LogP contribution is -2.44. The molecule has 0 saturated heterocycles. The van der Waals surface area contributed by atoms with Crippen LogP contribution in [0.4, 0.5) is 0 Å². The van der Waals surface area contributed by atoms with Gasteiger partial charge in [0, 0.05) is 18.4 Å². The van der Waals surface area contributed by atoms with E-state index < -0.39 is 11.1 Å². The quantitative estimate of drug-likeness (QED) is 0.772. The van der Waals surface area contributed by atoms with Crippen molar-refractivity contribution in [3.05, 3.63) is 57.4 Å². The van der Waals surface area contributed by atoms with Gasteiger partial charge in [-0.25, -0.2) is 0 Å². The Labute approximate surface area is 164 Å². The van der Waals surface area contributed by atoms with Gasteiger partial charge in [0.05, 0.1) is 12.3 Å². The smallest absolute Gasteiger partial charge is 0.321 e. The fourth-order valence-corrected chi connectivity index (χ4v) is 3.59. The van der Waals surface area contributed by atoms with Gasteiger partial charge in [-0.15, -0.1) is 0 Å². The first kappa shape index (κ1) is 19.9. The topological polar surface area (TPSA) is 82.3 Å². The lowest BCUT2D eigenvalue weighted by molar-refractivity contribution is -0.122. The molecule has 1 saturated carbocycles. The van der Waals surface area contributed by atoms with E-state index in [1.165, 1.54) is 17.0 Å². The lowest BCUT2D eigenvalue weighted by Gasteiger charge is -2.27. The van der Waals surface area contributed by atoms with Crippen LogP contribution in [0.5, 0.6) is 5.75 Å². The van der Waals surface area contributed by atoms with Crippen molar-refractivity contribution < 1.29 is 9.53 Å². The Hall–Kier alpha value is -2.83. The number of hydrogen-bond donors (Lipinski definition) is 1. The second-order valence-electron chi connectivity index (χ2n) is 7.33. The Morgan fingerprint density at radius 1 is 1.11 bits per heavy atom. The highest BCUT2D eigenvalue weighted by Crippen LogP contribution is 2.23. The minimum absolute atomic E-state index is 0.151. The molecular formula is C21H27N3O4. The third-order valence-corrected chi connectivity index (χ3v) is 5.18. The predicted molar refractivity (Wildman–Crippen MR) is 107 cm³/mol. The Kier molecular flexibility index (Phi) is 6.34. The van der Waals surface area contributed by atoms with Gasteiger partial charge >= 0.3 is 11.1 Å². The number of ether oxygens (including phenoxy) is 1. The molecule has 0 unspecified atom stereocenters. The molecule has 0 aliphatic heterocycles. The first-order valence-electron chi connectivity index (χ1n) is 9.83. The van der Waals surface area contributed by atoms with Gasteiger partial charge in [-0.2, -0.15) is 0 Å². The molecule has 0 radical (unpaired) electrons. The summed E-state index contributed by atoms with van der Waals surface area (Å²) in [5, 5.41) is 2.98. The minimum Gasteiger partial charge on any atom is -0.492 e. The summed E-state index contributed by atoms with van der Waals surface area (Å²) < 4.78 is 7.95. The van der Waals surface area contributed by atoms with E-state index in [4.69, 9.17) is 4.74 Å². The van der Waals surface area contributed by atoms with Crippen LogP contribution in [0.15, 0.2) is 46.2 Å². The summed E-state index contributed by atoms with van der Waals surface area (Å²) in [6, 6.07) is 7.19. The summed E-state index contributed by atoms with van der Waals surface area (Å²) in [5.74, 6) is 0.977. The van der Waals surface area contributed by atoms with E-state index in [0.717, 1.165) is 30.3 Å². The number of nitrogens with one attached hydrogen (secondary N) is 1. The van der Waals surface area contributed by atoms with E-state index >= 15 is 0 Å². The molecule has 1 aliphatic carbocycles. The van der Waals surface area contributed by atoms with Gasteiger partial charge in [-0.05, 0) is 50.7 Å². The number of benzene rings is 1. The Balaban J connectivity index is 1.77. The molecule has 0 bridgehead atoms. The molecule has 2 aromatic rings. The zero-order valence-electron chi connectivity index (χ0n) is 16.4. The minimum atomic E-state index is -0.735. The van der Waals surface area contributed by atoms with E-state index in [0.29, 0.717) is 24.0 Å². The van der Waals surface area contributed by atoms with Crippen molar-refractivity contribution in [2.45, 2.75) is 52.1 Å². The van der Waals surface area contributed by atoms with Crippen LogP contribution in [0.2, 0.25) is 0 Å². The molecule has 1 amide bonds. The zero-order valence-corrected chi connectivity index (χ0v) is 16.4. The van der Waals surface area contributed by atoms with Crippen LogP contribution in [0, 0.1) is 5.92 Å². The highest BCUT2D eigenvalue weighted by Gasteiger charge is 2.20. The molecule has 1 heterocycles. The number of aromatic nitrogens is 2. The van der Waals surface area contributed by atoms with Crippen LogP contribution < -0.4 is 21.2 Å². The second kappa shape index (κ2) is 8.91. The highest BCUT2D eigenvalue weighted by atomic mass is 16.5. The van der Waals surface area contributed by atoms with Crippen LogP contribution >= 0.6 is 0 Å². The normalized spacial score (nSPS) is 19.2. The average molecular weight is 385 g/mol. The lowest BCUT2D eigenvalue weighted by atomic mass is 9.87. The summed E-state index contributed by atoms with van der Waals surface area (Å²) >= 11 is 0. The zero-order chi connectivity index (χ0) is 20.1. The summed E-state index contributed by atoms with van der Waals surface area (Å²) in [6.07, 6.45) is 7.07. The fourth-order valence-electron chi connectivity index (χ4n) is 3.59. The van der Waals surface area contributed by atoms with Gasteiger partial charge in [0.1, 0.15) is 12.3 Å². The monoisotopic (exact) mass is 385 g/mol. The molecule has 3 rings (SSSR count). The summed E-state index contributed by atoms with van der Waals surface area (Å²) in [6.45, 7) is 4.36. The van der Waals surface area contributed by atoms with E-state index in [9.17, 15) is 14.4 Å². The Morgan fingerprint density at radius 2 is 1.82 bits per heavy atom. The van der Waals surface area contributed by atoms with Crippen molar-refractivity contribution in [3.63, 3.8) is 0 Å². The number of amides is 1. The van der Waals surface area contributed by atoms with E-state index in [1.54, 1.807) is 24.3 Å². The van der Waals surface area contributed by atoms with Gasteiger partial charge < -0.3 is 10.1 Å². The molecule has 0 spiro atoms. The number of carbonyl (C=O) groups is 1. The van der Waals surface area contributed by atoms with Crippen molar-refractivity contribution in [3.8, 4) is 11.4 Å². The summed E-state index contributed by atoms with van der Waals surface area (Å²) in [7, 11) is 0. The second-order valence-corrected chi connectivity index (χ2v) is 7.33. The molecule has 1 aromatic heterocycles. The molecule has 28 heavy (non-hydrogen) atoms. The van der Waals surface area contributed by atoms with E-state index in [-0.39, 0.29) is 18.5 Å². The van der Waals surface area contributed by atoms with E-state index in [1.807, 2.05) is 6.92 Å². The van der Waals surface area contributed by atoms with Crippen molar-refractivity contribution in [1.29, 1.82) is 0 Å². The molecule has 150 valence electrons. The van der Waals surface area contributed by atoms with Crippen LogP contribution in [-0.2, 0) is 11.3 Å². The largest absolute Gasteiger partial charge is 0.492 e. The molecule has 7 nitrogen and oxygen atoms in total. The molecular weight excluding hydrogens is 358 g/mol. The maximum atomic E-state index is 12.6. The van der Waals surface area contributed by atoms with Crippen molar-refractivity contribution >= 4 is 5.91 Å². The summed E-state index contributed by atoms with van der Waals surface area (Å²) in [5.41, 5.74) is -0.950. The third kappa shape index (κ3) is 4.52. The number of para-hydroxylation sites is 2. The van der Waals surface area contributed by atoms with Crippen molar-refractivity contribution in [2.24, 2.45) is 5.92 Å². The molecule has 7 heteroatoms. The fraction of sp³-hybridized carbons (Fsp3) is 0.476. The Morgan fingerprint density at radius 3 is 2.54 bits per heavy atom. The van der Waals surface area contributed by atoms with Crippen molar-refractivity contribution in [2.75, 3.05) is 6.61 Å². The molecule has 1 aliphatic rings. The Bertz CT molecular complexity index is 939. The maximum Gasteiger partial charge on any atom is 0.321 e.